The van der Waals surface area contributed by atoms with Crippen LogP contribution >= 0.6 is 0 Å². The molecule has 1 fully saturated rings. The molecule has 1 aliphatic rings. The second-order valence-corrected chi connectivity index (χ2v) is 4.58. The van der Waals surface area contributed by atoms with Crippen molar-refractivity contribution in [2.45, 2.75) is 38.8 Å². The van der Waals surface area contributed by atoms with Gasteiger partial charge in [0.05, 0.1) is 11.6 Å². The van der Waals surface area contributed by atoms with Gasteiger partial charge < -0.3 is 5.32 Å². The van der Waals surface area contributed by atoms with Gasteiger partial charge in [0.1, 0.15) is 0 Å². The van der Waals surface area contributed by atoms with Crippen LogP contribution in [0.5, 0.6) is 0 Å². The van der Waals surface area contributed by atoms with Crippen LogP contribution in [0, 0.1) is 17.2 Å². The quantitative estimate of drug-likeness (QED) is 0.818. The lowest BCUT2D eigenvalue weighted by molar-refractivity contribution is 0.599. The number of hydrogen-bond donors (Lipinski definition) is 1. The van der Waals surface area contributed by atoms with E-state index in [1.54, 1.807) is 0 Å². The Labute approximate surface area is 97.3 Å². The van der Waals surface area contributed by atoms with Gasteiger partial charge in [-0.25, -0.2) is 0 Å². The Hall–Kier alpha value is -1.33. The van der Waals surface area contributed by atoms with Crippen molar-refractivity contribution in [2.24, 2.45) is 5.92 Å². The number of nitriles is 1. The van der Waals surface area contributed by atoms with E-state index in [9.17, 15) is 0 Å². The molecule has 16 heavy (non-hydrogen) atoms. The molecule has 0 aliphatic heterocycles. The van der Waals surface area contributed by atoms with Crippen molar-refractivity contribution in [1.29, 1.82) is 5.26 Å². The van der Waals surface area contributed by atoms with Crippen LogP contribution in [-0.2, 0) is 6.54 Å². The van der Waals surface area contributed by atoms with Gasteiger partial charge in [-0.2, -0.15) is 5.26 Å². The number of rotatable bonds is 5. The SMILES string of the molecule is CCCC1CC1NCc1ccc(C#N)cc1. The second kappa shape index (κ2) is 5.14. The van der Waals surface area contributed by atoms with E-state index in [4.69, 9.17) is 5.26 Å². The average molecular weight is 214 g/mol. The molecule has 1 aromatic carbocycles. The molecule has 1 N–H and O–H groups in total. The van der Waals surface area contributed by atoms with Crippen LogP contribution < -0.4 is 5.32 Å². The predicted octanol–water partition coefficient (Wildman–Crippen LogP) is 2.84. The Kier molecular flexibility index (Phi) is 3.58. The van der Waals surface area contributed by atoms with Gasteiger partial charge >= 0.3 is 0 Å². The maximum absolute atomic E-state index is 8.68. The molecule has 0 amide bonds. The first kappa shape index (κ1) is 11.2. The van der Waals surface area contributed by atoms with E-state index in [0.29, 0.717) is 0 Å². The minimum atomic E-state index is 0.732. The number of benzene rings is 1. The Morgan fingerprint density at radius 3 is 2.75 bits per heavy atom. The maximum Gasteiger partial charge on any atom is 0.0991 e. The number of nitrogens with one attached hydrogen (secondary N) is 1. The Balaban J connectivity index is 1.76. The molecule has 0 radical (unpaired) electrons. The molecule has 2 nitrogen and oxygen atoms in total. The minimum absolute atomic E-state index is 0.732. The van der Waals surface area contributed by atoms with Crippen LogP contribution in [0.1, 0.15) is 37.3 Å². The van der Waals surface area contributed by atoms with E-state index >= 15 is 0 Å². The zero-order valence-electron chi connectivity index (χ0n) is 9.74. The van der Waals surface area contributed by atoms with Gasteiger partial charge in [0, 0.05) is 12.6 Å². The highest BCUT2D eigenvalue weighted by Gasteiger charge is 2.35. The van der Waals surface area contributed by atoms with Crippen LogP contribution in [0.2, 0.25) is 0 Å². The van der Waals surface area contributed by atoms with E-state index in [-0.39, 0.29) is 0 Å². The summed E-state index contributed by atoms with van der Waals surface area (Å²) in [7, 11) is 0. The van der Waals surface area contributed by atoms with E-state index in [1.807, 2.05) is 24.3 Å². The smallest absolute Gasteiger partial charge is 0.0991 e. The third-order valence-corrected chi connectivity index (χ3v) is 3.23. The molecule has 0 spiro atoms. The summed E-state index contributed by atoms with van der Waals surface area (Å²) in [5, 5.41) is 12.2. The van der Waals surface area contributed by atoms with Crippen molar-refractivity contribution >= 4 is 0 Å². The van der Waals surface area contributed by atoms with Gasteiger partial charge in [-0.3, -0.25) is 0 Å². The molecule has 2 atom stereocenters. The highest BCUT2D eigenvalue weighted by Crippen LogP contribution is 2.34. The summed E-state index contributed by atoms with van der Waals surface area (Å²) < 4.78 is 0. The lowest BCUT2D eigenvalue weighted by Crippen LogP contribution is -2.17. The van der Waals surface area contributed by atoms with Crippen molar-refractivity contribution in [3.05, 3.63) is 35.4 Å². The van der Waals surface area contributed by atoms with Crippen LogP contribution in [0.25, 0.3) is 0 Å². The molecule has 2 unspecified atom stereocenters. The Morgan fingerprint density at radius 1 is 1.38 bits per heavy atom. The molecular weight excluding hydrogens is 196 g/mol. The van der Waals surface area contributed by atoms with Crippen molar-refractivity contribution in [1.82, 2.24) is 5.32 Å². The third-order valence-electron chi connectivity index (χ3n) is 3.23. The van der Waals surface area contributed by atoms with Gasteiger partial charge in [0.2, 0.25) is 0 Å². The molecule has 2 rings (SSSR count). The lowest BCUT2D eigenvalue weighted by atomic mass is 10.1. The standard InChI is InChI=1S/C14H18N2/c1-2-3-13-8-14(13)16-10-12-6-4-11(9-15)5-7-12/h4-7,13-14,16H,2-3,8,10H2,1H3. The molecule has 1 aliphatic carbocycles. The van der Waals surface area contributed by atoms with E-state index in [2.05, 4.69) is 18.3 Å². The first-order valence-corrected chi connectivity index (χ1v) is 6.06. The van der Waals surface area contributed by atoms with Crippen LogP contribution in [0.4, 0.5) is 0 Å². The minimum Gasteiger partial charge on any atom is -0.310 e. The molecule has 0 aromatic heterocycles. The third kappa shape index (κ3) is 2.84. The Bertz CT molecular complexity index is 375. The largest absolute Gasteiger partial charge is 0.310 e. The zero-order chi connectivity index (χ0) is 11.4. The van der Waals surface area contributed by atoms with Crippen LogP contribution in [0.15, 0.2) is 24.3 Å². The lowest BCUT2D eigenvalue weighted by Gasteiger charge is -2.04. The van der Waals surface area contributed by atoms with Gasteiger partial charge in [0.25, 0.3) is 0 Å². The Morgan fingerprint density at radius 2 is 2.12 bits per heavy atom. The zero-order valence-corrected chi connectivity index (χ0v) is 9.74. The molecule has 1 saturated carbocycles. The fraction of sp³-hybridized carbons (Fsp3) is 0.500. The van der Waals surface area contributed by atoms with Crippen molar-refractivity contribution in [3.63, 3.8) is 0 Å². The maximum atomic E-state index is 8.68. The summed E-state index contributed by atoms with van der Waals surface area (Å²) in [6.45, 7) is 3.17. The highest BCUT2D eigenvalue weighted by atomic mass is 15.0. The van der Waals surface area contributed by atoms with Crippen molar-refractivity contribution < 1.29 is 0 Å². The van der Waals surface area contributed by atoms with E-state index in [1.165, 1.54) is 24.8 Å². The molecule has 0 bridgehead atoms. The highest BCUT2D eigenvalue weighted by molar-refractivity contribution is 5.31. The van der Waals surface area contributed by atoms with Crippen LogP contribution in [-0.4, -0.2) is 6.04 Å². The summed E-state index contributed by atoms with van der Waals surface area (Å²) in [4.78, 5) is 0. The number of nitrogens with zero attached hydrogens (tertiary/aromatic N) is 1. The molecule has 84 valence electrons. The molecule has 0 saturated heterocycles. The van der Waals surface area contributed by atoms with Crippen molar-refractivity contribution in [3.8, 4) is 6.07 Å². The summed E-state index contributed by atoms with van der Waals surface area (Å²) >= 11 is 0. The van der Waals surface area contributed by atoms with Gasteiger partial charge in [-0.1, -0.05) is 25.5 Å². The van der Waals surface area contributed by atoms with Crippen LogP contribution in [0.3, 0.4) is 0 Å². The topological polar surface area (TPSA) is 35.8 Å². The first-order chi connectivity index (χ1) is 7.83. The summed E-state index contributed by atoms with van der Waals surface area (Å²) in [5.74, 6) is 0.906. The van der Waals surface area contributed by atoms with E-state index in [0.717, 1.165) is 24.1 Å². The van der Waals surface area contributed by atoms with E-state index < -0.39 is 0 Å². The van der Waals surface area contributed by atoms with Gasteiger partial charge in [0.15, 0.2) is 0 Å². The van der Waals surface area contributed by atoms with Gasteiger partial charge in [-0.15, -0.1) is 0 Å². The fourth-order valence-corrected chi connectivity index (χ4v) is 2.13. The molecule has 2 heteroatoms. The first-order valence-electron chi connectivity index (χ1n) is 6.06. The van der Waals surface area contributed by atoms with Crippen molar-refractivity contribution in [2.75, 3.05) is 0 Å². The summed E-state index contributed by atoms with van der Waals surface area (Å²) in [6, 6.07) is 10.7. The van der Waals surface area contributed by atoms with Gasteiger partial charge in [-0.05, 0) is 36.5 Å². The molecule has 1 aromatic rings. The summed E-state index contributed by atoms with van der Waals surface area (Å²) in [6.07, 6.45) is 3.98. The molecular formula is C14H18N2. The normalized spacial score (nSPS) is 22.8. The second-order valence-electron chi connectivity index (χ2n) is 4.58. The molecule has 0 heterocycles. The monoisotopic (exact) mass is 214 g/mol. The number of hydrogen-bond acceptors (Lipinski definition) is 2. The fourth-order valence-electron chi connectivity index (χ4n) is 2.13. The summed E-state index contributed by atoms with van der Waals surface area (Å²) in [5.41, 5.74) is 2.00. The average Bonchev–Trinajstić information content (AvgIpc) is 3.06. The predicted molar refractivity (Wildman–Crippen MR) is 64.8 cm³/mol.